The Kier molecular flexibility index (Phi) is 3.02. The van der Waals surface area contributed by atoms with Gasteiger partial charge in [-0.15, -0.1) is 0 Å². The van der Waals surface area contributed by atoms with Crippen molar-refractivity contribution in [2.75, 3.05) is 13.2 Å². The van der Waals surface area contributed by atoms with Crippen molar-refractivity contribution in [2.45, 2.75) is 19.4 Å². The number of carbonyl (C=O) groups is 1. The van der Waals surface area contributed by atoms with Gasteiger partial charge in [-0.2, -0.15) is 0 Å². The molecular formula is C12H14O3. The van der Waals surface area contributed by atoms with Crippen LogP contribution in [0, 0.1) is 6.92 Å². The highest BCUT2D eigenvalue weighted by atomic mass is 16.5. The van der Waals surface area contributed by atoms with Gasteiger partial charge in [-0.05, 0) is 18.6 Å². The Labute approximate surface area is 89.0 Å². The summed E-state index contributed by atoms with van der Waals surface area (Å²) in [6.07, 6.45) is 1.81. The number of carbonyl (C=O) groups excluding carboxylic acids is 1. The lowest BCUT2D eigenvalue weighted by Gasteiger charge is -2.15. The number of hydrogen-bond acceptors (Lipinski definition) is 3. The molecule has 80 valence electrons. The smallest absolute Gasteiger partial charge is 0.153 e. The lowest BCUT2D eigenvalue weighted by atomic mass is 10.1. The monoisotopic (exact) mass is 206 g/mol. The molecule has 2 rings (SSSR count). The maximum Gasteiger partial charge on any atom is 0.153 e. The molecule has 1 saturated heterocycles. The predicted molar refractivity (Wildman–Crippen MR) is 56.4 cm³/mol. The van der Waals surface area contributed by atoms with E-state index in [1.54, 1.807) is 6.07 Å². The molecule has 0 aliphatic carbocycles. The number of aldehydes is 1. The summed E-state index contributed by atoms with van der Waals surface area (Å²) in [6.45, 7) is 3.30. The second kappa shape index (κ2) is 4.45. The maximum atomic E-state index is 10.8. The summed E-state index contributed by atoms with van der Waals surface area (Å²) in [5.74, 6) is 0.697. The fourth-order valence-electron chi connectivity index (χ4n) is 1.70. The molecule has 0 radical (unpaired) electrons. The number of aryl methyl sites for hydroxylation is 1. The van der Waals surface area contributed by atoms with E-state index in [0.29, 0.717) is 17.9 Å². The van der Waals surface area contributed by atoms with Gasteiger partial charge < -0.3 is 9.47 Å². The van der Waals surface area contributed by atoms with Gasteiger partial charge in [0.2, 0.25) is 0 Å². The number of hydrogen-bond donors (Lipinski definition) is 0. The van der Waals surface area contributed by atoms with E-state index < -0.39 is 0 Å². The van der Waals surface area contributed by atoms with Crippen molar-refractivity contribution in [2.24, 2.45) is 0 Å². The SMILES string of the molecule is Cc1cccc(C=O)c1OC1CCOC1. The zero-order valence-corrected chi connectivity index (χ0v) is 8.73. The van der Waals surface area contributed by atoms with Crippen LogP contribution in [0.3, 0.4) is 0 Å². The molecule has 0 saturated carbocycles. The van der Waals surface area contributed by atoms with Gasteiger partial charge in [0.15, 0.2) is 6.29 Å². The standard InChI is InChI=1S/C12H14O3/c1-9-3-2-4-10(7-13)12(9)15-11-5-6-14-8-11/h2-4,7,11H,5-6,8H2,1H3. The van der Waals surface area contributed by atoms with Crippen molar-refractivity contribution >= 4 is 6.29 Å². The first kappa shape index (κ1) is 10.2. The van der Waals surface area contributed by atoms with Crippen molar-refractivity contribution < 1.29 is 14.3 Å². The Morgan fingerprint density at radius 2 is 2.40 bits per heavy atom. The fraction of sp³-hybridized carbons (Fsp3) is 0.417. The van der Waals surface area contributed by atoms with E-state index in [1.165, 1.54) is 0 Å². The summed E-state index contributed by atoms with van der Waals surface area (Å²) in [6, 6.07) is 5.57. The lowest BCUT2D eigenvalue weighted by Crippen LogP contribution is -2.17. The summed E-state index contributed by atoms with van der Waals surface area (Å²) >= 11 is 0. The lowest BCUT2D eigenvalue weighted by molar-refractivity contribution is 0.111. The van der Waals surface area contributed by atoms with Crippen LogP contribution in [-0.2, 0) is 4.74 Å². The van der Waals surface area contributed by atoms with E-state index in [0.717, 1.165) is 24.9 Å². The molecule has 0 spiro atoms. The van der Waals surface area contributed by atoms with Crippen molar-refractivity contribution in [1.29, 1.82) is 0 Å². The third-order valence-corrected chi connectivity index (χ3v) is 2.54. The second-order valence-corrected chi connectivity index (χ2v) is 3.71. The number of benzene rings is 1. The predicted octanol–water partition coefficient (Wildman–Crippen LogP) is 1.98. The van der Waals surface area contributed by atoms with Crippen LogP contribution in [-0.4, -0.2) is 25.6 Å². The normalized spacial score (nSPS) is 20.2. The molecule has 1 aromatic carbocycles. The highest BCUT2D eigenvalue weighted by Gasteiger charge is 2.19. The van der Waals surface area contributed by atoms with E-state index in [1.807, 2.05) is 19.1 Å². The molecule has 1 unspecified atom stereocenters. The second-order valence-electron chi connectivity index (χ2n) is 3.71. The first-order chi connectivity index (χ1) is 7.31. The van der Waals surface area contributed by atoms with Gasteiger partial charge in [-0.1, -0.05) is 12.1 Å². The highest BCUT2D eigenvalue weighted by molar-refractivity contribution is 5.80. The van der Waals surface area contributed by atoms with Crippen molar-refractivity contribution in [1.82, 2.24) is 0 Å². The minimum Gasteiger partial charge on any atom is -0.487 e. The van der Waals surface area contributed by atoms with Crippen LogP contribution in [0.1, 0.15) is 22.3 Å². The van der Waals surface area contributed by atoms with E-state index in [-0.39, 0.29) is 6.10 Å². The topological polar surface area (TPSA) is 35.5 Å². The Morgan fingerprint density at radius 3 is 3.07 bits per heavy atom. The van der Waals surface area contributed by atoms with Crippen molar-refractivity contribution in [3.63, 3.8) is 0 Å². The molecule has 0 amide bonds. The fourth-order valence-corrected chi connectivity index (χ4v) is 1.70. The van der Waals surface area contributed by atoms with E-state index in [4.69, 9.17) is 9.47 Å². The van der Waals surface area contributed by atoms with Gasteiger partial charge >= 0.3 is 0 Å². The van der Waals surface area contributed by atoms with Gasteiger partial charge in [-0.25, -0.2) is 0 Å². The van der Waals surface area contributed by atoms with E-state index in [9.17, 15) is 4.79 Å². The quantitative estimate of drug-likeness (QED) is 0.709. The van der Waals surface area contributed by atoms with Gasteiger partial charge in [0.25, 0.3) is 0 Å². The molecule has 1 heterocycles. The van der Waals surface area contributed by atoms with Gasteiger partial charge in [0.05, 0.1) is 18.8 Å². The largest absolute Gasteiger partial charge is 0.487 e. The molecule has 0 N–H and O–H groups in total. The van der Waals surface area contributed by atoms with Crippen LogP contribution < -0.4 is 4.74 Å². The molecule has 3 nitrogen and oxygen atoms in total. The number of rotatable bonds is 3. The average Bonchev–Trinajstić information content (AvgIpc) is 2.74. The third kappa shape index (κ3) is 2.18. The van der Waals surface area contributed by atoms with Crippen LogP contribution in [0.2, 0.25) is 0 Å². The molecule has 1 atom stereocenters. The Bertz CT molecular complexity index is 354. The van der Waals surface area contributed by atoms with Crippen LogP contribution >= 0.6 is 0 Å². The molecule has 3 heteroatoms. The Hall–Kier alpha value is -1.35. The molecule has 1 aromatic rings. The van der Waals surface area contributed by atoms with Crippen LogP contribution in [0.25, 0.3) is 0 Å². The Morgan fingerprint density at radius 1 is 1.53 bits per heavy atom. The summed E-state index contributed by atoms with van der Waals surface area (Å²) in [5.41, 5.74) is 1.61. The van der Waals surface area contributed by atoms with E-state index >= 15 is 0 Å². The van der Waals surface area contributed by atoms with Gasteiger partial charge in [0, 0.05) is 6.42 Å². The first-order valence-corrected chi connectivity index (χ1v) is 5.10. The molecule has 0 aromatic heterocycles. The molecule has 1 aliphatic rings. The van der Waals surface area contributed by atoms with E-state index in [2.05, 4.69) is 0 Å². The molecule has 1 fully saturated rings. The summed E-state index contributed by atoms with van der Waals surface area (Å²) in [5, 5.41) is 0. The van der Waals surface area contributed by atoms with Crippen LogP contribution in [0.4, 0.5) is 0 Å². The van der Waals surface area contributed by atoms with Crippen molar-refractivity contribution in [3.05, 3.63) is 29.3 Å². The minimum absolute atomic E-state index is 0.0878. The molecule has 1 aliphatic heterocycles. The van der Waals surface area contributed by atoms with Crippen molar-refractivity contribution in [3.8, 4) is 5.75 Å². The van der Waals surface area contributed by atoms with Gasteiger partial charge in [0.1, 0.15) is 11.9 Å². The summed E-state index contributed by atoms with van der Waals surface area (Å²) < 4.78 is 11.0. The highest BCUT2D eigenvalue weighted by Crippen LogP contribution is 2.24. The molecular weight excluding hydrogens is 192 g/mol. The zero-order valence-electron chi connectivity index (χ0n) is 8.73. The van der Waals surface area contributed by atoms with Gasteiger partial charge in [-0.3, -0.25) is 4.79 Å². The number of para-hydroxylation sites is 1. The van der Waals surface area contributed by atoms with Crippen LogP contribution in [0.5, 0.6) is 5.75 Å². The average molecular weight is 206 g/mol. The Balaban J connectivity index is 2.21. The van der Waals surface area contributed by atoms with Crippen LogP contribution in [0.15, 0.2) is 18.2 Å². The minimum atomic E-state index is 0.0878. The summed E-state index contributed by atoms with van der Waals surface area (Å²) in [4.78, 5) is 10.8. The maximum absolute atomic E-state index is 10.8. The molecule has 0 bridgehead atoms. The molecule has 15 heavy (non-hydrogen) atoms. The zero-order chi connectivity index (χ0) is 10.7. The summed E-state index contributed by atoms with van der Waals surface area (Å²) in [7, 11) is 0. The number of ether oxygens (including phenoxy) is 2. The first-order valence-electron chi connectivity index (χ1n) is 5.10. The third-order valence-electron chi connectivity index (χ3n) is 2.54.